The SMILES string of the molecule is O=C(CBr)c1ccc(C(F)F)cn1. The average Bonchev–Trinajstić information content (AvgIpc) is 2.17. The van der Waals surface area contributed by atoms with Crippen molar-refractivity contribution >= 4 is 21.7 Å². The van der Waals surface area contributed by atoms with E-state index in [4.69, 9.17) is 0 Å². The third-order valence-electron chi connectivity index (χ3n) is 1.45. The zero-order chi connectivity index (χ0) is 9.84. The van der Waals surface area contributed by atoms with Gasteiger partial charge in [0.05, 0.1) is 5.33 Å². The van der Waals surface area contributed by atoms with Gasteiger partial charge in [-0.1, -0.05) is 15.9 Å². The number of aromatic nitrogens is 1. The summed E-state index contributed by atoms with van der Waals surface area (Å²) < 4.78 is 24.1. The Labute approximate surface area is 82.1 Å². The van der Waals surface area contributed by atoms with Crippen molar-refractivity contribution in [3.8, 4) is 0 Å². The van der Waals surface area contributed by atoms with E-state index in [9.17, 15) is 13.6 Å². The molecule has 1 rings (SSSR count). The van der Waals surface area contributed by atoms with Crippen molar-refractivity contribution in [2.24, 2.45) is 0 Å². The van der Waals surface area contributed by atoms with Crippen LogP contribution in [0.1, 0.15) is 22.5 Å². The second kappa shape index (κ2) is 4.41. The van der Waals surface area contributed by atoms with Gasteiger partial charge < -0.3 is 0 Å². The number of halogens is 3. The van der Waals surface area contributed by atoms with Crippen molar-refractivity contribution in [2.45, 2.75) is 6.43 Å². The third-order valence-corrected chi connectivity index (χ3v) is 1.95. The molecule has 0 amide bonds. The second-order valence-electron chi connectivity index (χ2n) is 2.33. The van der Waals surface area contributed by atoms with E-state index < -0.39 is 6.43 Å². The summed E-state index contributed by atoms with van der Waals surface area (Å²) in [5, 5.41) is 0.147. The van der Waals surface area contributed by atoms with Crippen LogP contribution >= 0.6 is 15.9 Å². The predicted octanol–water partition coefficient (Wildman–Crippen LogP) is 2.60. The van der Waals surface area contributed by atoms with Gasteiger partial charge in [0.2, 0.25) is 0 Å². The number of carbonyl (C=O) groups excluding carboxylic acids is 1. The van der Waals surface area contributed by atoms with Crippen LogP contribution in [0.25, 0.3) is 0 Å². The van der Waals surface area contributed by atoms with E-state index in [2.05, 4.69) is 20.9 Å². The number of alkyl halides is 3. The highest BCUT2D eigenvalue weighted by Gasteiger charge is 2.09. The molecule has 1 aromatic heterocycles. The number of Topliss-reactive ketones (excluding diaryl/α,β-unsaturated/α-hetero) is 1. The summed E-state index contributed by atoms with van der Waals surface area (Å²) in [6.07, 6.45) is -1.53. The van der Waals surface area contributed by atoms with Crippen LogP contribution in [0.5, 0.6) is 0 Å². The first-order chi connectivity index (χ1) is 6.15. The topological polar surface area (TPSA) is 30.0 Å². The Morgan fingerprint density at radius 2 is 2.23 bits per heavy atom. The van der Waals surface area contributed by atoms with Crippen LogP contribution in [0.3, 0.4) is 0 Å². The standard InChI is InChI=1S/C8H6BrF2NO/c9-3-7(13)6-2-1-5(4-12-6)8(10)11/h1-2,4,8H,3H2. The Kier molecular flexibility index (Phi) is 3.48. The minimum atomic E-state index is -2.54. The summed E-state index contributed by atoms with van der Waals surface area (Å²) in [5.74, 6) is -0.221. The lowest BCUT2D eigenvalue weighted by atomic mass is 10.2. The van der Waals surface area contributed by atoms with Gasteiger partial charge in [0.25, 0.3) is 6.43 Å². The summed E-state index contributed by atoms with van der Waals surface area (Å²) in [5.41, 5.74) is 0.0207. The van der Waals surface area contributed by atoms with E-state index in [-0.39, 0.29) is 22.4 Å². The van der Waals surface area contributed by atoms with Crippen LogP contribution < -0.4 is 0 Å². The maximum absolute atomic E-state index is 12.0. The van der Waals surface area contributed by atoms with E-state index in [1.165, 1.54) is 12.1 Å². The first-order valence-corrected chi connectivity index (χ1v) is 4.60. The molecule has 0 atom stereocenters. The van der Waals surface area contributed by atoms with Crippen LogP contribution in [0.15, 0.2) is 18.3 Å². The van der Waals surface area contributed by atoms with Gasteiger partial charge in [-0.3, -0.25) is 9.78 Å². The Bertz CT molecular complexity index is 300. The molecular formula is C8H6BrF2NO. The highest BCUT2D eigenvalue weighted by atomic mass is 79.9. The molecule has 2 nitrogen and oxygen atoms in total. The minimum Gasteiger partial charge on any atom is -0.291 e. The molecule has 5 heteroatoms. The maximum Gasteiger partial charge on any atom is 0.265 e. The van der Waals surface area contributed by atoms with E-state index in [1.807, 2.05) is 0 Å². The zero-order valence-corrected chi connectivity index (χ0v) is 8.09. The number of hydrogen-bond donors (Lipinski definition) is 0. The van der Waals surface area contributed by atoms with Gasteiger partial charge in [-0.15, -0.1) is 0 Å². The molecule has 70 valence electrons. The van der Waals surface area contributed by atoms with Crippen LogP contribution in [-0.2, 0) is 0 Å². The lowest BCUT2D eigenvalue weighted by Gasteiger charge is -1.99. The molecule has 0 radical (unpaired) electrons. The van der Waals surface area contributed by atoms with E-state index in [0.29, 0.717) is 0 Å². The Hall–Kier alpha value is -0.840. The normalized spacial score (nSPS) is 10.5. The van der Waals surface area contributed by atoms with Crippen molar-refractivity contribution in [1.29, 1.82) is 0 Å². The van der Waals surface area contributed by atoms with E-state index in [1.54, 1.807) is 0 Å². The first-order valence-electron chi connectivity index (χ1n) is 3.48. The summed E-state index contributed by atoms with van der Waals surface area (Å²) in [6.45, 7) is 0. The fourth-order valence-corrected chi connectivity index (χ4v) is 1.06. The molecule has 0 N–H and O–H groups in total. The lowest BCUT2D eigenvalue weighted by molar-refractivity contribution is 0.101. The van der Waals surface area contributed by atoms with Gasteiger partial charge in [-0.25, -0.2) is 8.78 Å². The molecule has 1 aromatic rings. The van der Waals surface area contributed by atoms with Crippen molar-refractivity contribution in [1.82, 2.24) is 4.98 Å². The Morgan fingerprint density at radius 3 is 2.62 bits per heavy atom. The number of hydrogen-bond acceptors (Lipinski definition) is 2. The van der Waals surface area contributed by atoms with Crippen LogP contribution in [0, 0.1) is 0 Å². The quantitative estimate of drug-likeness (QED) is 0.609. The van der Waals surface area contributed by atoms with E-state index in [0.717, 1.165) is 6.20 Å². The second-order valence-corrected chi connectivity index (χ2v) is 2.90. The highest BCUT2D eigenvalue weighted by molar-refractivity contribution is 9.09. The van der Waals surface area contributed by atoms with Crippen LogP contribution in [-0.4, -0.2) is 16.1 Å². The molecule has 0 unspecified atom stereocenters. The summed E-state index contributed by atoms with van der Waals surface area (Å²) in [4.78, 5) is 14.6. The van der Waals surface area contributed by atoms with Gasteiger partial charge in [0.1, 0.15) is 5.69 Å². The van der Waals surface area contributed by atoms with Gasteiger partial charge in [0, 0.05) is 11.8 Å². The molecule has 0 aliphatic heterocycles. The number of pyridine rings is 1. The molecule has 0 saturated carbocycles. The number of nitrogens with zero attached hydrogens (tertiary/aromatic N) is 1. The molecule has 13 heavy (non-hydrogen) atoms. The van der Waals surface area contributed by atoms with E-state index >= 15 is 0 Å². The van der Waals surface area contributed by atoms with Crippen molar-refractivity contribution in [3.63, 3.8) is 0 Å². The van der Waals surface area contributed by atoms with Crippen LogP contribution in [0.2, 0.25) is 0 Å². The monoisotopic (exact) mass is 249 g/mol. The maximum atomic E-state index is 12.0. The summed E-state index contributed by atoms with van der Waals surface area (Å²) in [7, 11) is 0. The average molecular weight is 250 g/mol. The number of rotatable bonds is 3. The molecule has 0 spiro atoms. The third kappa shape index (κ3) is 2.55. The Balaban J connectivity index is 2.87. The molecular weight excluding hydrogens is 244 g/mol. The molecule has 0 aliphatic carbocycles. The molecule has 0 aliphatic rings. The van der Waals surface area contributed by atoms with Crippen molar-refractivity contribution in [3.05, 3.63) is 29.6 Å². The largest absolute Gasteiger partial charge is 0.291 e. The Morgan fingerprint density at radius 1 is 1.54 bits per heavy atom. The highest BCUT2D eigenvalue weighted by Crippen LogP contribution is 2.17. The fourth-order valence-electron chi connectivity index (χ4n) is 0.768. The van der Waals surface area contributed by atoms with Gasteiger partial charge in [-0.2, -0.15) is 0 Å². The predicted molar refractivity (Wildman–Crippen MR) is 47.3 cm³/mol. The zero-order valence-electron chi connectivity index (χ0n) is 6.51. The molecule has 1 heterocycles. The molecule has 0 fully saturated rings. The smallest absolute Gasteiger partial charge is 0.265 e. The fraction of sp³-hybridized carbons (Fsp3) is 0.250. The van der Waals surface area contributed by atoms with Crippen molar-refractivity contribution in [2.75, 3.05) is 5.33 Å². The first kappa shape index (κ1) is 10.2. The summed E-state index contributed by atoms with van der Waals surface area (Å²) in [6, 6.07) is 2.50. The van der Waals surface area contributed by atoms with Crippen molar-refractivity contribution < 1.29 is 13.6 Å². The van der Waals surface area contributed by atoms with Gasteiger partial charge in [0.15, 0.2) is 5.78 Å². The number of carbonyl (C=O) groups is 1. The van der Waals surface area contributed by atoms with Crippen LogP contribution in [0.4, 0.5) is 8.78 Å². The summed E-state index contributed by atoms with van der Waals surface area (Å²) >= 11 is 2.96. The minimum absolute atomic E-state index is 0.147. The lowest BCUT2D eigenvalue weighted by Crippen LogP contribution is -2.03. The van der Waals surface area contributed by atoms with Gasteiger partial charge in [-0.05, 0) is 12.1 Å². The van der Waals surface area contributed by atoms with Gasteiger partial charge >= 0.3 is 0 Å². The molecule has 0 saturated heterocycles. The molecule has 0 bridgehead atoms. The molecule has 0 aromatic carbocycles. The number of ketones is 1.